The molecule has 1 N–H and O–H groups in total. The van der Waals surface area contributed by atoms with Crippen molar-refractivity contribution in [1.82, 2.24) is 9.80 Å². The first-order chi connectivity index (χ1) is 16.5. The second-order valence-corrected chi connectivity index (χ2v) is 10.0. The van der Waals surface area contributed by atoms with Gasteiger partial charge in [-0.05, 0) is 67.2 Å². The van der Waals surface area contributed by atoms with Crippen LogP contribution in [0.1, 0.15) is 0 Å². The van der Waals surface area contributed by atoms with Gasteiger partial charge in [0.05, 0.1) is 4.88 Å². The number of phenolic OH excluding ortho intramolecular Hbond substituents is 1. The van der Waals surface area contributed by atoms with Crippen molar-refractivity contribution in [1.29, 1.82) is 0 Å². The molecule has 7 heteroatoms. The van der Waals surface area contributed by atoms with E-state index in [1.54, 1.807) is 23.5 Å². The molecule has 1 aliphatic rings. The number of aromatic hydroxyl groups is 1. The predicted molar refractivity (Wildman–Crippen MR) is 140 cm³/mol. The lowest BCUT2D eigenvalue weighted by Crippen LogP contribution is -2.45. The Labute approximate surface area is 208 Å². The summed E-state index contributed by atoms with van der Waals surface area (Å²) >= 11 is 7.68. The molecule has 0 saturated carbocycles. The van der Waals surface area contributed by atoms with Crippen LogP contribution >= 0.6 is 22.9 Å². The van der Waals surface area contributed by atoms with E-state index in [4.69, 9.17) is 21.1 Å². The van der Waals surface area contributed by atoms with Gasteiger partial charge in [0.2, 0.25) is 0 Å². The third kappa shape index (κ3) is 5.31. The SMILES string of the molecule is CN1CCN(CCOc2ccc(Oc3c(-c4ccc(Cl)cc4)sc4cc(O)ccc34)cc2)CC1. The summed E-state index contributed by atoms with van der Waals surface area (Å²) in [5, 5.41) is 11.6. The molecular weight excluding hydrogens is 468 g/mol. The molecule has 176 valence electrons. The Kier molecular flexibility index (Phi) is 6.92. The van der Waals surface area contributed by atoms with Gasteiger partial charge in [-0.2, -0.15) is 0 Å². The minimum atomic E-state index is 0.237. The maximum atomic E-state index is 9.95. The van der Waals surface area contributed by atoms with Crippen molar-refractivity contribution < 1.29 is 14.6 Å². The molecule has 34 heavy (non-hydrogen) atoms. The van der Waals surface area contributed by atoms with Crippen molar-refractivity contribution in [2.24, 2.45) is 0 Å². The molecule has 1 fully saturated rings. The molecule has 1 aliphatic heterocycles. The van der Waals surface area contributed by atoms with Gasteiger partial charge in [0.15, 0.2) is 5.75 Å². The van der Waals surface area contributed by atoms with Crippen LogP contribution in [0.15, 0.2) is 66.7 Å². The number of thiophene rings is 1. The first-order valence-corrected chi connectivity index (χ1v) is 12.6. The Morgan fingerprint density at radius 3 is 2.35 bits per heavy atom. The van der Waals surface area contributed by atoms with Crippen LogP contribution in [-0.4, -0.2) is 61.3 Å². The van der Waals surface area contributed by atoms with Crippen LogP contribution in [0.4, 0.5) is 0 Å². The Balaban J connectivity index is 1.30. The Bertz CT molecular complexity index is 1250. The summed E-state index contributed by atoms with van der Waals surface area (Å²) in [4.78, 5) is 5.79. The zero-order valence-electron chi connectivity index (χ0n) is 19.0. The number of hydrogen-bond acceptors (Lipinski definition) is 6. The molecule has 0 amide bonds. The molecule has 3 aromatic carbocycles. The number of piperazine rings is 1. The minimum Gasteiger partial charge on any atom is -0.508 e. The van der Waals surface area contributed by atoms with Crippen molar-refractivity contribution in [3.63, 3.8) is 0 Å². The molecule has 0 bridgehead atoms. The Morgan fingerprint density at radius 2 is 1.62 bits per heavy atom. The van der Waals surface area contributed by atoms with Crippen LogP contribution in [0.3, 0.4) is 0 Å². The fourth-order valence-corrected chi connectivity index (χ4v) is 5.33. The first-order valence-electron chi connectivity index (χ1n) is 11.4. The number of halogens is 1. The average molecular weight is 495 g/mol. The largest absolute Gasteiger partial charge is 0.508 e. The van der Waals surface area contributed by atoms with Gasteiger partial charge in [-0.1, -0.05) is 23.7 Å². The third-order valence-corrected chi connectivity index (χ3v) is 7.49. The van der Waals surface area contributed by atoms with Gasteiger partial charge in [-0.25, -0.2) is 0 Å². The number of ether oxygens (including phenoxy) is 2. The highest BCUT2D eigenvalue weighted by Gasteiger charge is 2.17. The monoisotopic (exact) mass is 494 g/mol. The molecule has 1 aromatic heterocycles. The molecule has 0 atom stereocenters. The van der Waals surface area contributed by atoms with E-state index in [-0.39, 0.29) is 5.75 Å². The second kappa shape index (κ2) is 10.2. The molecule has 5 rings (SSSR count). The molecule has 4 aromatic rings. The molecule has 0 radical (unpaired) electrons. The van der Waals surface area contributed by atoms with E-state index < -0.39 is 0 Å². The number of likely N-dealkylation sites (N-methyl/N-ethyl adjacent to an activating group) is 1. The van der Waals surface area contributed by atoms with Gasteiger partial charge in [-0.3, -0.25) is 4.90 Å². The highest BCUT2D eigenvalue weighted by molar-refractivity contribution is 7.22. The summed E-state index contributed by atoms with van der Waals surface area (Å²) in [7, 11) is 2.17. The summed E-state index contributed by atoms with van der Waals surface area (Å²) in [5.41, 5.74) is 1.02. The van der Waals surface area contributed by atoms with Gasteiger partial charge in [0.1, 0.15) is 23.9 Å². The normalized spacial score (nSPS) is 15.0. The Morgan fingerprint density at radius 1 is 0.912 bits per heavy atom. The molecule has 5 nitrogen and oxygen atoms in total. The summed E-state index contributed by atoms with van der Waals surface area (Å²) in [6.07, 6.45) is 0. The van der Waals surface area contributed by atoms with Crippen LogP contribution in [0.5, 0.6) is 23.0 Å². The van der Waals surface area contributed by atoms with E-state index in [1.807, 2.05) is 54.6 Å². The quantitative estimate of drug-likeness (QED) is 0.324. The van der Waals surface area contributed by atoms with Crippen LogP contribution in [-0.2, 0) is 0 Å². The standard InChI is InChI=1S/C27H27ClN2O3S/c1-29-12-14-30(15-13-29)16-17-32-22-7-9-23(10-8-22)33-26-24-11-6-21(31)18-25(24)34-27(26)19-2-4-20(28)5-3-19/h2-11,18,31H,12-17H2,1H3. The summed E-state index contributed by atoms with van der Waals surface area (Å²) in [5.74, 6) is 2.57. The maximum Gasteiger partial charge on any atom is 0.153 e. The van der Waals surface area contributed by atoms with Gasteiger partial charge in [0.25, 0.3) is 0 Å². The summed E-state index contributed by atoms with van der Waals surface area (Å²) < 4.78 is 13.3. The fourth-order valence-electron chi connectivity index (χ4n) is 4.04. The van der Waals surface area contributed by atoms with Crippen molar-refractivity contribution in [2.75, 3.05) is 46.4 Å². The second-order valence-electron chi connectivity index (χ2n) is 8.51. The van der Waals surface area contributed by atoms with Crippen LogP contribution in [0, 0.1) is 0 Å². The van der Waals surface area contributed by atoms with Crippen LogP contribution in [0.25, 0.3) is 20.5 Å². The smallest absolute Gasteiger partial charge is 0.153 e. The molecule has 0 aliphatic carbocycles. The van der Waals surface area contributed by atoms with Gasteiger partial charge < -0.3 is 19.5 Å². The van der Waals surface area contributed by atoms with E-state index in [0.29, 0.717) is 11.6 Å². The van der Waals surface area contributed by atoms with Crippen molar-refractivity contribution >= 4 is 33.0 Å². The molecule has 0 spiro atoms. The van der Waals surface area contributed by atoms with Crippen LogP contribution in [0.2, 0.25) is 5.02 Å². The lowest BCUT2D eigenvalue weighted by Gasteiger charge is -2.32. The van der Waals surface area contributed by atoms with E-state index in [9.17, 15) is 5.11 Å². The zero-order chi connectivity index (χ0) is 23.5. The minimum absolute atomic E-state index is 0.237. The molecule has 0 unspecified atom stereocenters. The highest BCUT2D eigenvalue weighted by atomic mass is 35.5. The van der Waals surface area contributed by atoms with Gasteiger partial charge >= 0.3 is 0 Å². The van der Waals surface area contributed by atoms with Crippen molar-refractivity contribution in [3.8, 4) is 33.4 Å². The number of fused-ring (bicyclic) bond motifs is 1. The molecule has 1 saturated heterocycles. The lowest BCUT2D eigenvalue weighted by molar-refractivity contribution is 0.133. The number of rotatable bonds is 7. The third-order valence-electron chi connectivity index (χ3n) is 6.05. The summed E-state index contributed by atoms with van der Waals surface area (Å²) in [6.45, 7) is 6.01. The number of nitrogens with zero attached hydrogens (tertiary/aromatic N) is 2. The van der Waals surface area contributed by atoms with Crippen molar-refractivity contribution in [2.45, 2.75) is 0 Å². The topological polar surface area (TPSA) is 45.2 Å². The number of benzene rings is 3. The van der Waals surface area contributed by atoms with Crippen LogP contribution < -0.4 is 9.47 Å². The average Bonchev–Trinajstić information content (AvgIpc) is 3.19. The number of phenols is 1. The molecular formula is C27H27ClN2O3S. The zero-order valence-corrected chi connectivity index (χ0v) is 20.6. The van der Waals surface area contributed by atoms with E-state index in [1.165, 1.54) is 0 Å². The predicted octanol–water partition coefficient (Wildman–Crippen LogP) is 6.35. The van der Waals surface area contributed by atoms with E-state index in [0.717, 1.165) is 70.5 Å². The van der Waals surface area contributed by atoms with Crippen molar-refractivity contribution in [3.05, 3.63) is 71.8 Å². The fraction of sp³-hybridized carbons (Fsp3) is 0.259. The summed E-state index contributed by atoms with van der Waals surface area (Å²) in [6, 6.07) is 20.8. The first kappa shape index (κ1) is 23.0. The molecule has 2 heterocycles. The van der Waals surface area contributed by atoms with E-state index >= 15 is 0 Å². The van der Waals surface area contributed by atoms with Gasteiger partial charge in [-0.15, -0.1) is 11.3 Å². The van der Waals surface area contributed by atoms with E-state index in [2.05, 4.69) is 16.8 Å². The lowest BCUT2D eigenvalue weighted by atomic mass is 10.1. The highest BCUT2D eigenvalue weighted by Crippen LogP contribution is 2.47. The maximum absolute atomic E-state index is 9.95. The number of hydrogen-bond donors (Lipinski definition) is 1. The Hall–Kier alpha value is -2.77. The van der Waals surface area contributed by atoms with Gasteiger partial charge in [0, 0.05) is 47.8 Å².